The minimum atomic E-state index is -0.377. The molecule has 4 nitrogen and oxygen atoms in total. The Hall–Kier alpha value is -0.940. The molecular formula is C8H12N2O2S. The van der Waals surface area contributed by atoms with Crippen LogP contribution in [0.4, 0.5) is 5.00 Å². The molecule has 0 unspecified atom stereocenters. The summed E-state index contributed by atoms with van der Waals surface area (Å²) < 4.78 is 0. The molecule has 5 heteroatoms. The van der Waals surface area contributed by atoms with Crippen molar-refractivity contribution in [1.29, 1.82) is 0 Å². The largest absolute Gasteiger partial charge is 0.325 e. The van der Waals surface area contributed by atoms with Crippen molar-refractivity contribution in [2.45, 2.75) is 25.8 Å². The highest BCUT2D eigenvalue weighted by atomic mass is 32.1. The Morgan fingerprint density at radius 2 is 2.23 bits per heavy atom. The van der Waals surface area contributed by atoms with E-state index in [-0.39, 0.29) is 15.5 Å². The summed E-state index contributed by atoms with van der Waals surface area (Å²) in [7, 11) is 0. The van der Waals surface area contributed by atoms with Crippen molar-refractivity contribution in [3.63, 3.8) is 0 Å². The average molecular weight is 200 g/mol. The van der Waals surface area contributed by atoms with Crippen molar-refractivity contribution < 1.29 is 4.92 Å². The molecule has 0 saturated heterocycles. The minimum Gasteiger partial charge on any atom is -0.325 e. The first-order valence-corrected chi connectivity index (χ1v) is 4.72. The van der Waals surface area contributed by atoms with Crippen LogP contribution in [0.2, 0.25) is 0 Å². The lowest BCUT2D eigenvalue weighted by Gasteiger charge is -2.16. The first kappa shape index (κ1) is 10.1. The molecule has 0 aromatic carbocycles. The van der Waals surface area contributed by atoms with Gasteiger partial charge in [0.1, 0.15) is 0 Å². The summed E-state index contributed by atoms with van der Waals surface area (Å²) in [6.07, 6.45) is 0.672. The van der Waals surface area contributed by atoms with Gasteiger partial charge in [0.05, 0.1) is 4.92 Å². The zero-order valence-electron chi connectivity index (χ0n) is 7.61. The van der Waals surface area contributed by atoms with Gasteiger partial charge < -0.3 is 5.73 Å². The Morgan fingerprint density at radius 1 is 1.62 bits per heavy atom. The van der Waals surface area contributed by atoms with Gasteiger partial charge in [-0.2, -0.15) is 0 Å². The van der Waals surface area contributed by atoms with E-state index in [2.05, 4.69) is 0 Å². The lowest BCUT2D eigenvalue weighted by molar-refractivity contribution is -0.380. The van der Waals surface area contributed by atoms with E-state index in [0.717, 1.165) is 4.88 Å². The molecule has 0 aliphatic carbocycles. The van der Waals surface area contributed by atoms with E-state index in [1.165, 1.54) is 17.4 Å². The van der Waals surface area contributed by atoms with Crippen LogP contribution >= 0.6 is 11.3 Å². The monoisotopic (exact) mass is 200 g/mol. The second-order valence-electron chi connectivity index (χ2n) is 3.66. The molecule has 0 aliphatic heterocycles. The zero-order valence-corrected chi connectivity index (χ0v) is 8.43. The van der Waals surface area contributed by atoms with E-state index in [1.807, 2.05) is 13.8 Å². The highest BCUT2D eigenvalue weighted by Crippen LogP contribution is 2.26. The third kappa shape index (κ3) is 3.12. The molecule has 0 amide bonds. The van der Waals surface area contributed by atoms with Crippen LogP contribution in [0.25, 0.3) is 0 Å². The zero-order chi connectivity index (χ0) is 10.1. The van der Waals surface area contributed by atoms with Crippen LogP contribution in [0.15, 0.2) is 12.1 Å². The van der Waals surface area contributed by atoms with Gasteiger partial charge in [0.15, 0.2) is 0 Å². The fourth-order valence-electron chi connectivity index (χ4n) is 1.01. The van der Waals surface area contributed by atoms with Gasteiger partial charge in [0, 0.05) is 16.5 Å². The van der Waals surface area contributed by atoms with Gasteiger partial charge in [0.25, 0.3) is 0 Å². The average Bonchev–Trinajstić information content (AvgIpc) is 2.31. The summed E-state index contributed by atoms with van der Waals surface area (Å²) in [5.41, 5.74) is 5.48. The van der Waals surface area contributed by atoms with Crippen LogP contribution in [0, 0.1) is 10.1 Å². The van der Waals surface area contributed by atoms with Gasteiger partial charge in [-0.25, -0.2) is 0 Å². The summed E-state index contributed by atoms with van der Waals surface area (Å²) in [5.74, 6) is 0. The maximum atomic E-state index is 10.4. The molecule has 1 heterocycles. The number of thiophene rings is 1. The van der Waals surface area contributed by atoms with Gasteiger partial charge >= 0.3 is 5.00 Å². The van der Waals surface area contributed by atoms with E-state index in [0.29, 0.717) is 6.42 Å². The van der Waals surface area contributed by atoms with E-state index in [4.69, 9.17) is 5.73 Å². The van der Waals surface area contributed by atoms with Crippen molar-refractivity contribution in [2.75, 3.05) is 0 Å². The molecule has 0 bridgehead atoms. The van der Waals surface area contributed by atoms with Crippen LogP contribution in [-0.4, -0.2) is 10.5 Å². The predicted octanol–water partition coefficient (Wildman–Crippen LogP) is 1.94. The Kier molecular flexibility index (Phi) is 2.68. The summed E-state index contributed by atoms with van der Waals surface area (Å²) >= 11 is 1.19. The topological polar surface area (TPSA) is 69.2 Å². The Balaban J connectivity index is 2.75. The van der Waals surface area contributed by atoms with Crippen molar-refractivity contribution >= 4 is 16.3 Å². The number of hydrogen-bond acceptors (Lipinski definition) is 4. The van der Waals surface area contributed by atoms with Crippen LogP contribution < -0.4 is 5.73 Å². The lowest BCUT2D eigenvalue weighted by atomic mass is 10.0. The number of rotatable bonds is 3. The van der Waals surface area contributed by atoms with Gasteiger partial charge in [-0.05, 0) is 26.3 Å². The lowest BCUT2D eigenvalue weighted by Crippen LogP contribution is -2.33. The summed E-state index contributed by atoms with van der Waals surface area (Å²) in [6, 6.07) is 3.28. The third-order valence-corrected chi connectivity index (χ3v) is 2.49. The fourth-order valence-corrected chi connectivity index (χ4v) is 2.07. The van der Waals surface area contributed by atoms with E-state index >= 15 is 0 Å². The van der Waals surface area contributed by atoms with Gasteiger partial charge in [-0.1, -0.05) is 11.3 Å². The van der Waals surface area contributed by atoms with Crippen molar-refractivity contribution in [3.05, 3.63) is 27.1 Å². The Morgan fingerprint density at radius 3 is 2.62 bits per heavy atom. The van der Waals surface area contributed by atoms with Crippen LogP contribution in [-0.2, 0) is 6.42 Å². The van der Waals surface area contributed by atoms with Crippen LogP contribution in [0.1, 0.15) is 18.7 Å². The smallest absolute Gasteiger partial charge is 0.324 e. The molecule has 0 spiro atoms. The van der Waals surface area contributed by atoms with E-state index in [9.17, 15) is 10.1 Å². The molecular weight excluding hydrogens is 188 g/mol. The molecule has 1 aromatic heterocycles. The van der Waals surface area contributed by atoms with E-state index < -0.39 is 0 Å². The number of hydrogen-bond donors (Lipinski definition) is 1. The predicted molar refractivity (Wildman–Crippen MR) is 52.9 cm³/mol. The molecule has 13 heavy (non-hydrogen) atoms. The molecule has 2 N–H and O–H groups in total. The first-order chi connectivity index (χ1) is 5.88. The second kappa shape index (κ2) is 3.43. The van der Waals surface area contributed by atoms with E-state index in [1.54, 1.807) is 6.07 Å². The highest BCUT2D eigenvalue weighted by molar-refractivity contribution is 7.15. The van der Waals surface area contributed by atoms with Gasteiger partial charge in [0.2, 0.25) is 0 Å². The quantitative estimate of drug-likeness (QED) is 0.598. The molecule has 0 radical (unpaired) electrons. The SMILES string of the molecule is CC(C)(N)Cc1ccc([N+](=O)[O-])s1. The molecule has 72 valence electrons. The highest BCUT2D eigenvalue weighted by Gasteiger charge is 2.16. The number of nitrogens with zero attached hydrogens (tertiary/aromatic N) is 1. The minimum absolute atomic E-state index is 0.180. The number of nitro groups is 1. The summed E-state index contributed by atoms with van der Waals surface area (Å²) in [6.45, 7) is 3.80. The van der Waals surface area contributed by atoms with Gasteiger partial charge in [-0.15, -0.1) is 0 Å². The maximum absolute atomic E-state index is 10.4. The van der Waals surface area contributed by atoms with Crippen LogP contribution in [0.3, 0.4) is 0 Å². The number of nitrogens with two attached hydrogens (primary N) is 1. The molecule has 0 atom stereocenters. The Bertz CT molecular complexity index is 314. The van der Waals surface area contributed by atoms with Crippen molar-refractivity contribution in [3.8, 4) is 0 Å². The van der Waals surface area contributed by atoms with Crippen molar-refractivity contribution in [1.82, 2.24) is 0 Å². The second-order valence-corrected chi connectivity index (χ2v) is 4.81. The molecule has 1 aromatic rings. The maximum Gasteiger partial charge on any atom is 0.324 e. The molecule has 0 saturated carbocycles. The molecule has 0 fully saturated rings. The molecule has 1 rings (SSSR count). The van der Waals surface area contributed by atoms with Crippen LogP contribution in [0.5, 0.6) is 0 Å². The van der Waals surface area contributed by atoms with Crippen molar-refractivity contribution in [2.24, 2.45) is 5.73 Å². The summed E-state index contributed by atoms with van der Waals surface area (Å²) in [5, 5.41) is 10.5. The normalized spacial score (nSPS) is 11.6. The third-order valence-electron chi connectivity index (χ3n) is 1.46. The van der Waals surface area contributed by atoms with Gasteiger partial charge in [-0.3, -0.25) is 10.1 Å². The fraction of sp³-hybridized carbons (Fsp3) is 0.500. The summed E-state index contributed by atoms with van der Waals surface area (Å²) in [4.78, 5) is 10.9. The standard InChI is InChI=1S/C8H12N2O2S/c1-8(2,9)5-6-3-4-7(13-6)10(11)12/h3-4H,5,9H2,1-2H3. The first-order valence-electron chi connectivity index (χ1n) is 3.90. The Labute approximate surface area is 80.5 Å². The molecule has 0 aliphatic rings.